The lowest BCUT2D eigenvalue weighted by molar-refractivity contribution is 0.217. The number of ether oxygens (including phenoxy) is 3. The fraction of sp³-hybridized carbons (Fsp3) is 0.188. The van der Waals surface area contributed by atoms with Crippen molar-refractivity contribution >= 4 is 10.8 Å². The zero-order chi connectivity index (χ0) is 48.0. The second-order valence-electron chi connectivity index (χ2n) is 17.3. The van der Waals surface area contributed by atoms with Crippen molar-refractivity contribution in [1.82, 2.24) is 0 Å². The molecule has 0 unspecified atom stereocenters. The highest BCUT2D eigenvalue weighted by molar-refractivity contribution is 5.83. The van der Waals surface area contributed by atoms with Crippen molar-refractivity contribution < 1.29 is 14.2 Å². The van der Waals surface area contributed by atoms with Gasteiger partial charge in [-0.3, -0.25) is 0 Å². The summed E-state index contributed by atoms with van der Waals surface area (Å²) in [7, 11) is 0. The highest BCUT2D eigenvalue weighted by Gasteiger charge is 1.99. The minimum atomic E-state index is 0.553. The van der Waals surface area contributed by atoms with E-state index in [1.807, 2.05) is 97.1 Å². The summed E-state index contributed by atoms with van der Waals surface area (Å²) < 4.78 is 16.9. The van der Waals surface area contributed by atoms with Crippen LogP contribution in [0.25, 0.3) is 21.9 Å². The molecular formula is C64H68O3. The molecule has 342 valence electrons. The zero-order valence-corrected chi connectivity index (χ0v) is 41.3. The first-order valence-corrected chi connectivity index (χ1v) is 23.1. The van der Waals surface area contributed by atoms with Crippen molar-refractivity contribution in [2.75, 3.05) is 13.2 Å². The van der Waals surface area contributed by atoms with Crippen LogP contribution in [0.3, 0.4) is 0 Å². The quantitative estimate of drug-likeness (QED) is 0.142. The van der Waals surface area contributed by atoms with E-state index < -0.39 is 0 Å². The molecule has 0 amide bonds. The second kappa shape index (κ2) is 26.6. The molecule has 0 atom stereocenters. The third kappa shape index (κ3) is 18.9. The Morgan fingerprint density at radius 2 is 0.433 bits per heavy atom. The van der Waals surface area contributed by atoms with Crippen molar-refractivity contribution in [3.05, 3.63) is 262 Å². The summed E-state index contributed by atoms with van der Waals surface area (Å²) in [6, 6.07) is 71.0. The standard InChI is InChI=1S/C16H18O2.C14H14O.C14H14.C12H12.C8H10/c1-13-3-7-15(8-4-13)17-11-12-18-16-9-5-14(2)6-10-16;1-11-3-7-13(8-4-11)15-14-9-5-12(2)6-10-14;1-11-3-7-13(8-4-11)14-9-5-12(2)6-10-14;1-9-3-5-12-8-10(2)4-6-11(12)7-9;1-7-3-5-8(2)6-4-7/h3-10H,11-12H2,1-2H3;3-10H,1-2H3;3-10H,1-2H3;3-8H,1-2H3;3-6H,1-2H3. The molecule has 0 heterocycles. The van der Waals surface area contributed by atoms with Crippen LogP contribution >= 0.6 is 0 Å². The van der Waals surface area contributed by atoms with E-state index in [2.05, 4.69) is 178 Å². The molecule has 0 spiro atoms. The van der Waals surface area contributed by atoms with Crippen molar-refractivity contribution in [3.8, 4) is 34.1 Å². The number of hydrogen-bond acceptors (Lipinski definition) is 3. The van der Waals surface area contributed by atoms with Crippen molar-refractivity contribution in [1.29, 1.82) is 0 Å². The molecule has 0 aromatic heterocycles. The maximum atomic E-state index is 5.69. The molecule has 0 saturated heterocycles. The van der Waals surface area contributed by atoms with E-state index in [9.17, 15) is 0 Å². The monoisotopic (exact) mass is 885 g/mol. The Bertz CT molecular complexity index is 2590. The number of aryl methyl sites for hydroxylation is 10. The van der Waals surface area contributed by atoms with E-state index in [4.69, 9.17) is 14.2 Å². The summed E-state index contributed by atoms with van der Waals surface area (Å²) in [6.07, 6.45) is 0. The number of benzene rings is 9. The van der Waals surface area contributed by atoms with Gasteiger partial charge in [0.15, 0.2) is 0 Å². The third-order valence-corrected chi connectivity index (χ3v) is 10.7. The Balaban J connectivity index is 0.000000160. The van der Waals surface area contributed by atoms with Gasteiger partial charge in [0, 0.05) is 0 Å². The summed E-state index contributed by atoms with van der Waals surface area (Å²) in [5.74, 6) is 3.52. The van der Waals surface area contributed by atoms with Gasteiger partial charge in [0.05, 0.1) is 0 Å². The van der Waals surface area contributed by atoms with Gasteiger partial charge in [-0.1, -0.05) is 213 Å². The normalized spacial score (nSPS) is 10.1. The number of rotatable bonds is 8. The van der Waals surface area contributed by atoms with Gasteiger partial charge in [-0.25, -0.2) is 0 Å². The van der Waals surface area contributed by atoms with E-state index in [0.29, 0.717) is 13.2 Å². The van der Waals surface area contributed by atoms with Crippen LogP contribution in [0.5, 0.6) is 23.0 Å². The smallest absolute Gasteiger partial charge is 0.127 e. The van der Waals surface area contributed by atoms with E-state index in [1.165, 1.54) is 77.5 Å². The van der Waals surface area contributed by atoms with Crippen LogP contribution in [-0.2, 0) is 0 Å². The molecule has 0 saturated carbocycles. The molecule has 0 aliphatic carbocycles. The lowest BCUT2D eigenvalue weighted by Gasteiger charge is -2.08. The first-order chi connectivity index (χ1) is 32.3. The Morgan fingerprint density at radius 1 is 0.224 bits per heavy atom. The van der Waals surface area contributed by atoms with E-state index in [0.717, 1.165) is 23.0 Å². The lowest BCUT2D eigenvalue weighted by atomic mass is 10.0. The largest absolute Gasteiger partial charge is 0.490 e. The molecule has 0 aliphatic heterocycles. The molecule has 0 aliphatic rings. The zero-order valence-electron chi connectivity index (χ0n) is 41.3. The number of fused-ring (bicyclic) bond motifs is 1. The van der Waals surface area contributed by atoms with Gasteiger partial charge in [0.1, 0.15) is 36.2 Å². The van der Waals surface area contributed by atoms with Gasteiger partial charge in [-0.05, 0) is 140 Å². The molecule has 9 rings (SSSR count). The predicted molar refractivity (Wildman–Crippen MR) is 286 cm³/mol. The summed E-state index contributed by atoms with van der Waals surface area (Å²) in [6.45, 7) is 22.0. The van der Waals surface area contributed by atoms with Crippen molar-refractivity contribution in [2.24, 2.45) is 0 Å². The van der Waals surface area contributed by atoms with Crippen LogP contribution in [0.2, 0.25) is 0 Å². The average molecular weight is 885 g/mol. The van der Waals surface area contributed by atoms with Gasteiger partial charge < -0.3 is 14.2 Å². The molecule has 0 fully saturated rings. The van der Waals surface area contributed by atoms with E-state index in [-0.39, 0.29) is 0 Å². The predicted octanol–water partition coefficient (Wildman–Crippen LogP) is 17.6. The average Bonchev–Trinajstić information content (AvgIpc) is 3.33. The van der Waals surface area contributed by atoms with Crippen LogP contribution < -0.4 is 14.2 Å². The Hall–Kier alpha value is -7.36. The van der Waals surface area contributed by atoms with Gasteiger partial charge in [0.2, 0.25) is 0 Å². The molecule has 0 radical (unpaired) electrons. The Morgan fingerprint density at radius 3 is 0.701 bits per heavy atom. The summed E-state index contributed by atoms with van der Waals surface area (Å²) >= 11 is 0. The Labute approximate surface area is 401 Å². The first kappa shape index (κ1) is 50.6. The highest BCUT2D eigenvalue weighted by Crippen LogP contribution is 2.23. The third-order valence-electron chi connectivity index (χ3n) is 10.7. The van der Waals surface area contributed by atoms with E-state index >= 15 is 0 Å². The molecule has 0 N–H and O–H groups in total. The fourth-order valence-corrected chi connectivity index (χ4v) is 6.55. The lowest BCUT2D eigenvalue weighted by Crippen LogP contribution is -2.08. The van der Waals surface area contributed by atoms with Gasteiger partial charge >= 0.3 is 0 Å². The summed E-state index contributed by atoms with van der Waals surface area (Å²) in [4.78, 5) is 0. The van der Waals surface area contributed by atoms with Crippen LogP contribution in [0.1, 0.15) is 55.6 Å². The molecule has 0 bridgehead atoms. The van der Waals surface area contributed by atoms with Crippen LogP contribution in [-0.4, -0.2) is 13.2 Å². The summed E-state index contributed by atoms with van der Waals surface area (Å²) in [5.41, 5.74) is 15.4. The SMILES string of the molecule is Cc1ccc(-c2ccc(C)cc2)cc1.Cc1ccc(C)cc1.Cc1ccc(OCCOc2ccc(C)cc2)cc1.Cc1ccc(Oc2ccc(C)cc2)cc1.Cc1ccc2cc(C)ccc2c1. The molecule has 3 heteroatoms. The van der Waals surface area contributed by atoms with Crippen molar-refractivity contribution in [3.63, 3.8) is 0 Å². The van der Waals surface area contributed by atoms with Gasteiger partial charge in [-0.15, -0.1) is 0 Å². The van der Waals surface area contributed by atoms with Gasteiger partial charge in [0.25, 0.3) is 0 Å². The summed E-state index contributed by atoms with van der Waals surface area (Å²) in [5, 5.41) is 2.67. The van der Waals surface area contributed by atoms with Gasteiger partial charge in [-0.2, -0.15) is 0 Å². The highest BCUT2D eigenvalue weighted by atomic mass is 16.5. The number of hydrogen-bond donors (Lipinski definition) is 0. The molecule has 67 heavy (non-hydrogen) atoms. The minimum Gasteiger partial charge on any atom is -0.490 e. The van der Waals surface area contributed by atoms with Crippen LogP contribution in [0.4, 0.5) is 0 Å². The molecular weight excluding hydrogens is 817 g/mol. The van der Waals surface area contributed by atoms with E-state index in [1.54, 1.807) is 0 Å². The minimum absolute atomic E-state index is 0.553. The maximum absolute atomic E-state index is 5.69. The van der Waals surface area contributed by atoms with Crippen LogP contribution in [0.15, 0.2) is 206 Å². The molecule has 9 aromatic carbocycles. The maximum Gasteiger partial charge on any atom is 0.127 e. The van der Waals surface area contributed by atoms with Crippen LogP contribution in [0, 0.1) is 69.2 Å². The second-order valence-corrected chi connectivity index (χ2v) is 17.3. The molecule has 3 nitrogen and oxygen atoms in total. The first-order valence-electron chi connectivity index (χ1n) is 23.1. The fourth-order valence-electron chi connectivity index (χ4n) is 6.55. The topological polar surface area (TPSA) is 27.7 Å². The Kier molecular flexibility index (Phi) is 20.1. The molecule has 9 aromatic rings. The van der Waals surface area contributed by atoms with Crippen molar-refractivity contribution in [2.45, 2.75) is 69.2 Å².